The number of nitrogens with one attached hydrogen (secondary N) is 1. The molecule has 0 spiro atoms. The first kappa shape index (κ1) is 8.57. The molecule has 1 amide bonds. The van der Waals surface area contributed by atoms with E-state index in [1.165, 1.54) is 0 Å². The van der Waals surface area contributed by atoms with Gasteiger partial charge < -0.3 is 4.90 Å². The molecule has 0 saturated carbocycles. The third-order valence-electron chi connectivity index (χ3n) is 2.22. The molecular formula is C10H8N3O. The van der Waals surface area contributed by atoms with Crippen LogP contribution in [0.4, 0.5) is 5.69 Å². The van der Waals surface area contributed by atoms with Crippen LogP contribution in [0.25, 0.3) is 0 Å². The molecule has 1 aromatic rings. The van der Waals surface area contributed by atoms with E-state index in [9.17, 15) is 4.79 Å². The van der Waals surface area contributed by atoms with Gasteiger partial charge in [-0.15, -0.1) is 0 Å². The van der Waals surface area contributed by atoms with Gasteiger partial charge in [0.2, 0.25) is 0 Å². The smallest absolute Gasteiger partial charge is 0.269 e. The predicted molar refractivity (Wildman–Crippen MR) is 50.6 cm³/mol. The topological polar surface area (TPSA) is 67.7 Å². The Bertz CT molecular complexity index is 404. The fraction of sp³-hybridized carbons (Fsp3) is 0.200. The molecule has 1 radical (unpaired) electrons. The van der Waals surface area contributed by atoms with Crippen LogP contribution in [0.1, 0.15) is 10.4 Å². The number of nitrogens with zero attached hydrogens (tertiary/aromatic N) is 2. The maximum atomic E-state index is 10.7. The third-order valence-corrected chi connectivity index (χ3v) is 2.22. The van der Waals surface area contributed by atoms with Gasteiger partial charge in [0.1, 0.15) is 6.04 Å². The zero-order valence-electron chi connectivity index (χ0n) is 7.40. The molecule has 1 aliphatic heterocycles. The average Bonchev–Trinajstić information content (AvgIpc) is 2.97. The standard InChI is InChI=1S/C10H8N3O/c11-5-9-6-13(9)8-3-1-7(2-4-8)10(12)14/h1-4,9,12H,6H2. The maximum absolute atomic E-state index is 10.7. The SMILES string of the molecule is N#CC1CN1c1ccc(C([NH])=O)cc1. The zero-order chi connectivity index (χ0) is 10.1. The Balaban J connectivity index is 2.16. The average molecular weight is 186 g/mol. The molecule has 2 rings (SSSR count). The van der Waals surface area contributed by atoms with Crippen LogP contribution >= 0.6 is 0 Å². The van der Waals surface area contributed by atoms with Gasteiger partial charge >= 0.3 is 0 Å². The maximum Gasteiger partial charge on any atom is 0.269 e. The van der Waals surface area contributed by atoms with E-state index < -0.39 is 5.91 Å². The van der Waals surface area contributed by atoms with Crippen molar-refractivity contribution in [3.63, 3.8) is 0 Å². The third kappa shape index (κ3) is 1.40. The van der Waals surface area contributed by atoms with E-state index in [1.54, 1.807) is 24.3 Å². The van der Waals surface area contributed by atoms with Gasteiger partial charge in [-0.25, -0.2) is 0 Å². The van der Waals surface area contributed by atoms with E-state index in [2.05, 4.69) is 6.07 Å². The Morgan fingerprint density at radius 2 is 2.14 bits per heavy atom. The summed E-state index contributed by atoms with van der Waals surface area (Å²) in [5.41, 5.74) is 8.19. The highest BCUT2D eigenvalue weighted by Crippen LogP contribution is 2.27. The second-order valence-corrected chi connectivity index (χ2v) is 3.17. The number of hydrogen-bond acceptors (Lipinski definition) is 3. The van der Waals surface area contributed by atoms with Crippen molar-refractivity contribution in [3.05, 3.63) is 29.8 Å². The number of hydrogen-bond donors (Lipinski definition) is 0. The highest BCUT2D eigenvalue weighted by molar-refractivity contribution is 5.92. The first-order chi connectivity index (χ1) is 6.72. The van der Waals surface area contributed by atoms with E-state index in [-0.39, 0.29) is 6.04 Å². The normalized spacial score (nSPS) is 18.8. The van der Waals surface area contributed by atoms with Crippen molar-refractivity contribution in [2.24, 2.45) is 0 Å². The molecule has 1 heterocycles. The summed E-state index contributed by atoms with van der Waals surface area (Å²) >= 11 is 0. The number of benzene rings is 1. The summed E-state index contributed by atoms with van der Waals surface area (Å²) in [6.45, 7) is 0.755. The molecule has 1 aliphatic rings. The van der Waals surface area contributed by atoms with Gasteiger partial charge in [-0.2, -0.15) is 5.26 Å². The second kappa shape index (κ2) is 3.04. The number of amides is 1. The highest BCUT2D eigenvalue weighted by atomic mass is 16.1. The first-order valence-corrected chi connectivity index (χ1v) is 4.24. The highest BCUT2D eigenvalue weighted by Gasteiger charge is 2.33. The summed E-state index contributed by atoms with van der Waals surface area (Å²) < 4.78 is 0. The lowest BCUT2D eigenvalue weighted by molar-refractivity contribution is 0.0992. The monoisotopic (exact) mass is 186 g/mol. The van der Waals surface area contributed by atoms with Crippen LogP contribution < -0.4 is 10.6 Å². The van der Waals surface area contributed by atoms with Gasteiger partial charge in [0.15, 0.2) is 0 Å². The molecular weight excluding hydrogens is 178 g/mol. The van der Waals surface area contributed by atoms with Crippen molar-refractivity contribution >= 4 is 11.6 Å². The minimum Gasteiger partial charge on any atom is -0.351 e. The van der Waals surface area contributed by atoms with Crippen molar-refractivity contribution in [3.8, 4) is 6.07 Å². The van der Waals surface area contributed by atoms with Gasteiger partial charge in [-0.3, -0.25) is 10.5 Å². The van der Waals surface area contributed by atoms with Crippen LogP contribution in [0.5, 0.6) is 0 Å². The van der Waals surface area contributed by atoms with Crippen LogP contribution in [0.3, 0.4) is 0 Å². The molecule has 0 aliphatic carbocycles. The fourth-order valence-corrected chi connectivity index (χ4v) is 1.34. The molecule has 0 bridgehead atoms. The number of carbonyl (C=O) groups excluding carboxylic acids is 1. The van der Waals surface area contributed by atoms with Crippen molar-refractivity contribution in [1.29, 1.82) is 5.26 Å². The van der Waals surface area contributed by atoms with Crippen LogP contribution in [0, 0.1) is 11.3 Å². The minimum absolute atomic E-state index is 0.0208. The summed E-state index contributed by atoms with van der Waals surface area (Å²) in [7, 11) is 0. The van der Waals surface area contributed by atoms with Crippen LogP contribution in [-0.4, -0.2) is 18.5 Å². The Hall–Kier alpha value is -2.02. The molecule has 1 saturated heterocycles. The quantitative estimate of drug-likeness (QED) is 0.642. The van der Waals surface area contributed by atoms with Crippen molar-refractivity contribution in [2.75, 3.05) is 11.4 Å². The van der Waals surface area contributed by atoms with Crippen molar-refractivity contribution in [2.45, 2.75) is 6.04 Å². The number of carbonyl (C=O) groups is 1. The van der Waals surface area contributed by atoms with Crippen LogP contribution in [0.15, 0.2) is 24.3 Å². The first-order valence-electron chi connectivity index (χ1n) is 4.24. The lowest BCUT2D eigenvalue weighted by Gasteiger charge is -2.02. The Labute approximate surface area is 81.5 Å². The van der Waals surface area contributed by atoms with E-state index in [4.69, 9.17) is 11.0 Å². The number of rotatable bonds is 2. The van der Waals surface area contributed by atoms with E-state index >= 15 is 0 Å². The lowest BCUT2D eigenvalue weighted by Crippen LogP contribution is -2.00. The van der Waals surface area contributed by atoms with Crippen molar-refractivity contribution < 1.29 is 4.79 Å². The van der Waals surface area contributed by atoms with Gasteiger partial charge in [-0.05, 0) is 24.3 Å². The zero-order valence-corrected chi connectivity index (χ0v) is 7.40. The summed E-state index contributed by atoms with van der Waals surface area (Å²) in [5, 5.41) is 8.60. The largest absolute Gasteiger partial charge is 0.351 e. The van der Waals surface area contributed by atoms with Gasteiger partial charge in [0, 0.05) is 11.3 Å². The summed E-state index contributed by atoms with van der Waals surface area (Å²) in [4.78, 5) is 12.6. The predicted octanol–water partition coefficient (Wildman–Crippen LogP) is 0.822. The Kier molecular flexibility index (Phi) is 1.86. The molecule has 1 aromatic carbocycles. The molecule has 0 aromatic heterocycles. The van der Waals surface area contributed by atoms with E-state index in [0.717, 1.165) is 12.2 Å². The van der Waals surface area contributed by atoms with Gasteiger partial charge in [0.05, 0.1) is 12.6 Å². The van der Waals surface area contributed by atoms with Gasteiger partial charge in [-0.1, -0.05) is 0 Å². The minimum atomic E-state index is -0.681. The number of nitriles is 1. The Morgan fingerprint density at radius 1 is 1.50 bits per heavy atom. The van der Waals surface area contributed by atoms with Crippen molar-refractivity contribution in [1.82, 2.24) is 5.73 Å². The van der Waals surface area contributed by atoms with Gasteiger partial charge in [0.25, 0.3) is 5.91 Å². The van der Waals surface area contributed by atoms with Crippen LogP contribution in [0.2, 0.25) is 0 Å². The molecule has 1 fully saturated rings. The fourth-order valence-electron chi connectivity index (χ4n) is 1.34. The molecule has 1 N–H and O–H groups in total. The number of anilines is 1. The second-order valence-electron chi connectivity index (χ2n) is 3.17. The summed E-state index contributed by atoms with van der Waals surface area (Å²) in [6.07, 6.45) is 0. The summed E-state index contributed by atoms with van der Waals surface area (Å²) in [6, 6.07) is 8.87. The molecule has 14 heavy (non-hydrogen) atoms. The lowest BCUT2D eigenvalue weighted by atomic mass is 10.2. The van der Waals surface area contributed by atoms with E-state index in [0.29, 0.717) is 5.56 Å². The van der Waals surface area contributed by atoms with Crippen LogP contribution in [-0.2, 0) is 0 Å². The molecule has 1 unspecified atom stereocenters. The van der Waals surface area contributed by atoms with E-state index in [1.807, 2.05) is 4.90 Å². The molecule has 1 atom stereocenters. The molecule has 4 heteroatoms. The molecule has 69 valence electrons. The molecule has 4 nitrogen and oxygen atoms in total. The Morgan fingerprint density at radius 3 is 2.57 bits per heavy atom. The summed E-state index contributed by atoms with van der Waals surface area (Å²) in [5.74, 6) is -0.681.